The van der Waals surface area contributed by atoms with Gasteiger partial charge in [0.2, 0.25) is 5.91 Å². The molecule has 1 aliphatic rings. The Hall–Kier alpha value is -5.59. The Morgan fingerprint density at radius 3 is 2.64 bits per heavy atom. The van der Waals surface area contributed by atoms with Crippen LogP contribution in [0.2, 0.25) is 0 Å². The maximum atomic E-state index is 13.5. The van der Waals surface area contributed by atoms with Gasteiger partial charge in [-0.2, -0.15) is 5.10 Å². The molecule has 0 radical (unpaired) electrons. The number of hydrogen-bond donors (Lipinski definition) is 1. The number of carbonyl (C=O) groups excluding carboxylic acids is 1. The van der Waals surface area contributed by atoms with Gasteiger partial charge in [0, 0.05) is 29.5 Å². The molecule has 42 heavy (non-hydrogen) atoms. The minimum absolute atomic E-state index is 0.134. The number of fused-ring (bicyclic) bond motifs is 3. The zero-order valence-corrected chi connectivity index (χ0v) is 22.0. The quantitative estimate of drug-likeness (QED) is 0.314. The van der Waals surface area contributed by atoms with Crippen molar-refractivity contribution in [2.45, 2.75) is 19.8 Å². The van der Waals surface area contributed by atoms with Gasteiger partial charge < -0.3 is 19.4 Å². The van der Waals surface area contributed by atoms with Gasteiger partial charge in [-0.25, -0.2) is 14.6 Å². The number of imidazole rings is 2. The Morgan fingerprint density at radius 2 is 1.83 bits per heavy atom. The minimum Gasteiger partial charge on any atom is -0.395 e. The van der Waals surface area contributed by atoms with E-state index in [9.17, 15) is 18.4 Å². The molecular formula is C29H21F2N7O4. The van der Waals surface area contributed by atoms with Gasteiger partial charge >= 0.3 is 6.29 Å². The van der Waals surface area contributed by atoms with Crippen molar-refractivity contribution in [2.75, 3.05) is 11.4 Å². The van der Waals surface area contributed by atoms with Crippen molar-refractivity contribution in [3.05, 3.63) is 89.7 Å². The number of likely N-dealkylation sites (N-methyl/N-ethyl adjacent to an activating group) is 1. The van der Waals surface area contributed by atoms with Crippen molar-refractivity contribution < 1.29 is 23.0 Å². The first-order chi connectivity index (χ1) is 20.3. The average Bonchev–Trinajstić information content (AvgIpc) is 3.71. The van der Waals surface area contributed by atoms with E-state index in [0.29, 0.717) is 28.0 Å². The van der Waals surface area contributed by atoms with Gasteiger partial charge in [-0.15, -0.1) is 8.78 Å². The Bertz CT molecular complexity index is 2050. The van der Waals surface area contributed by atoms with Crippen molar-refractivity contribution in [3.8, 4) is 28.4 Å². The van der Waals surface area contributed by atoms with E-state index in [1.54, 1.807) is 13.3 Å². The van der Waals surface area contributed by atoms with Crippen LogP contribution in [-0.2, 0) is 11.3 Å². The first-order valence-electron chi connectivity index (χ1n) is 13.0. The predicted octanol–water partition coefficient (Wildman–Crippen LogP) is 4.50. The van der Waals surface area contributed by atoms with Crippen molar-refractivity contribution in [3.63, 3.8) is 0 Å². The molecule has 3 aromatic heterocycles. The van der Waals surface area contributed by atoms with Crippen LogP contribution in [-0.4, -0.2) is 48.0 Å². The van der Waals surface area contributed by atoms with Gasteiger partial charge in [0.25, 0.3) is 5.56 Å². The number of para-hydroxylation sites is 1. The fourth-order valence-electron chi connectivity index (χ4n) is 5.06. The Balaban J connectivity index is 1.24. The Kier molecular flexibility index (Phi) is 5.75. The summed E-state index contributed by atoms with van der Waals surface area (Å²) in [7, 11) is 0. The van der Waals surface area contributed by atoms with Crippen LogP contribution in [0.4, 0.5) is 14.5 Å². The summed E-state index contributed by atoms with van der Waals surface area (Å²) in [5.41, 5.74) is 3.92. The molecule has 0 bridgehead atoms. The van der Waals surface area contributed by atoms with Gasteiger partial charge in [-0.3, -0.25) is 14.2 Å². The van der Waals surface area contributed by atoms with Crippen LogP contribution in [0, 0.1) is 0 Å². The second kappa shape index (κ2) is 9.51. The summed E-state index contributed by atoms with van der Waals surface area (Å²) < 4.78 is 39.0. The summed E-state index contributed by atoms with van der Waals surface area (Å²) in [4.78, 5) is 39.8. The van der Waals surface area contributed by atoms with E-state index >= 15 is 0 Å². The standard InChI is InChI=1S/C29H21F2N7O4/c1-2-36(19-9-11-22-23(13-19)42-29(30,31)41-22)24(39)14-38-28(40)27-26(32-15-33-27)25(35-38)17-8-10-21-20(12-17)34-16-37(21)18-6-4-3-5-7-18/h3-13,15-16H,2,14H2,1H3,(H,32,33). The van der Waals surface area contributed by atoms with Crippen LogP contribution in [0.15, 0.2) is 84.2 Å². The summed E-state index contributed by atoms with van der Waals surface area (Å²) in [6.45, 7) is 1.51. The summed E-state index contributed by atoms with van der Waals surface area (Å²) in [5, 5.41) is 4.54. The molecule has 0 fully saturated rings. The predicted molar refractivity (Wildman–Crippen MR) is 149 cm³/mol. The van der Waals surface area contributed by atoms with Crippen LogP contribution < -0.4 is 19.9 Å². The smallest absolute Gasteiger partial charge is 0.395 e. The number of anilines is 1. The molecule has 11 nitrogen and oxygen atoms in total. The molecule has 7 rings (SSSR count). The summed E-state index contributed by atoms with van der Waals surface area (Å²) >= 11 is 0. The van der Waals surface area contributed by atoms with E-state index in [-0.39, 0.29) is 23.6 Å². The number of nitrogens with one attached hydrogen (secondary N) is 1. The lowest BCUT2D eigenvalue weighted by atomic mass is 10.1. The number of hydrogen-bond acceptors (Lipinski definition) is 7. The Labute approximate surface area is 235 Å². The molecule has 1 amide bonds. The zero-order chi connectivity index (χ0) is 29.0. The maximum Gasteiger partial charge on any atom is 0.586 e. The third-order valence-electron chi connectivity index (χ3n) is 6.99. The lowest BCUT2D eigenvalue weighted by Crippen LogP contribution is -2.37. The molecule has 6 aromatic rings. The molecule has 0 atom stereocenters. The third-order valence-corrected chi connectivity index (χ3v) is 6.99. The highest BCUT2D eigenvalue weighted by Gasteiger charge is 2.43. The van der Waals surface area contributed by atoms with Crippen molar-refractivity contribution in [2.24, 2.45) is 0 Å². The van der Waals surface area contributed by atoms with Gasteiger partial charge in [0.15, 0.2) is 11.5 Å². The Morgan fingerprint density at radius 1 is 1.02 bits per heavy atom. The van der Waals surface area contributed by atoms with Gasteiger partial charge in [-0.1, -0.05) is 24.3 Å². The molecule has 0 unspecified atom stereocenters. The number of halogens is 2. The summed E-state index contributed by atoms with van der Waals surface area (Å²) in [6, 6.07) is 19.5. The largest absolute Gasteiger partial charge is 0.586 e. The molecule has 4 heterocycles. The number of alkyl halides is 2. The molecule has 3 aromatic carbocycles. The van der Waals surface area contributed by atoms with E-state index in [2.05, 4.69) is 29.5 Å². The highest BCUT2D eigenvalue weighted by molar-refractivity contribution is 5.95. The zero-order valence-electron chi connectivity index (χ0n) is 22.0. The van der Waals surface area contributed by atoms with Crippen molar-refractivity contribution in [1.82, 2.24) is 29.3 Å². The van der Waals surface area contributed by atoms with Crippen LogP contribution >= 0.6 is 0 Å². The fourth-order valence-corrected chi connectivity index (χ4v) is 5.06. The molecule has 1 N–H and O–H groups in total. The van der Waals surface area contributed by atoms with E-state index in [0.717, 1.165) is 15.9 Å². The van der Waals surface area contributed by atoms with Crippen LogP contribution in [0.1, 0.15) is 6.92 Å². The molecule has 0 aliphatic carbocycles. The monoisotopic (exact) mass is 569 g/mol. The lowest BCUT2D eigenvalue weighted by Gasteiger charge is -2.21. The third kappa shape index (κ3) is 4.22. The number of rotatable bonds is 6. The number of amides is 1. The normalized spacial score (nSPS) is 13.6. The molecule has 0 saturated carbocycles. The van der Waals surface area contributed by atoms with E-state index in [4.69, 9.17) is 0 Å². The number of aromatic amines is 1. The number of H-pyrrole nitrogens is 1. The van der Waals surface area contributed by atoms with Gasteiger partial charge in [-0.05, 0) is 43.3 Å². The first kappa shape index (κ1) is 25.4. The molecule has 210 valence electrons. The molecular weight excluding hydrogens is 548 g/mol. The van der Waals surface area contributed by atoms with Crippen molar-refractivity contribution >= 4 is 33.7 Å². The number of nitrogens with zero attached hydrogens (tertiary/aromatic N) is 6. The van der Waals surface area contributed by atoms with Crippen LogP contribution in [0.5, 0.6) is 11.5 Å². The van der Waals surface area contributed by atoms with Crippen LogP contribution in [0.3, 0.4) is 0 Å². The fraction of sp³-hybridized carbons (Fsp3) is 0.138. The molecule has 0 saturated heterocycles. The summed E-state index contributed by atoms with van der Waals surface area (Å²) in [5.74, 6) is -0.810. The highest BCUT2D eigenvalue weighted by atomic mass is 19.3. The number of ether oxygens (including phenoxy) is 2. The van der Waals surface area contributed by atoms with Gasteiger partial charge in [0.1, 0.15) is 29.6 Å². The second-order valence-corrected chi connectivity index (χ2v) is 9.53. The molecule has 0 spiro atoms. The SMILES string of the molecule is CCN(C(=O)Cn1nc(-c2ccc3c(c2)ncn3-c2ccccc2)c2nc[nH]c2c1=O)c1ccc2c(c1)OC(F)(F)O2. The van der Waals surface area contributed by atoms with E-state index < -0.39 is 24.3 Å². The topological polar surface area (TPSA) is 120 Å². The van der Waals surface area contributed by atoms with Crippen LogP contribution in [0.25, 0.3) is 39.0 Å². The van der Waals surface area contributed by atoms with E-state index in [1.165, 1.54) is 29.4 Å². The van der Waals surface area contributed by atoms with Gasteiger partial charge in [0.05, 0.1) is 17.4 Å². The van der Waals surface area contributed by atoms with E-state index in [1.807, 2.05) is 53.1 Å². The second-order valence-electron chi connectivity index (χ2n) is 9.53. The molecule has 1 aliphatic heterocycles. The number of benzene rings is 3. The number of aromatic nitrogens is 6. The highest BCUT2D eigenvalue weighted by Crippen LogP contribution is 2.43. The van der Waals surface area contributed by atoms with Crippen molar-refractivity contribution in [1.29, 1.82) is 0 Å². The molecule has 13 heteroatoms. The first-order valence-corrected chi connectivity index (χ1v) is 13.0. The lowest BCUT2D eigenvalue weighted by molar-refractivity contribution is -0.286. The number of carbonyl (C=O) groups is 1. The minimum atomic E-state index is -3.78. The summed E-state index contributed by atoms with van der Waals surface area (Å²) in [6.07, 6.45) is -0.651. The maximum absolute atomic E-state index is 13.5. The average molecular weight is 570 g/mol.